The molecule has 114 valence electrons. The van der Waals surface area contributed by atoms with Gasteiger partial charge in [0.1, 0.15) is 5.60 Å². The summed E-state index contributed by atoms with van der Waals surface area (Å²) in [6, 6.07) is 6.13. The predicted octanol–water partition coefficient (Wildman–Crippen LogP) is 4.32. The van der Waals surface area contributed by atoms with E-state index in [1.807, 2.05) is 0 Å². The molecule has 0 aliphatic heterocycles. The maximum absolute atomic E-state index is 12.4. The van der Waals surface area contributed by atoms with E-state index in [1.165, 1.54) is 12.1 Å². The molecule has 1 aromatic carbocycles. The topological polar surface area (TPSA) is 40.5 Å². The molecule has 0 amide bonds. The Hall–Kier alpha value is -2.18. The van der Waals surface area contributed by atoms with Gasteiger partial charge in [0.05, 0.1) is 11.7 Å². The molecule has 0 spiro atoms. The lowest BCUT2D eigenvalue weighted by atomic mass is 10.2. The van der Waals surface area contributed by atoms with Crippen LogP contribution in [0.2, 0.25) is 0 Å². The van der Waals surface area contributed by atoms with Crippen molar-refractivity contribution in [2.45, 2.75) is 32.7 Å². The number of hydrogen-bond acceptors (Lipinski definition) is 3. The maximum atomic E-state index is 12.4. The molecule has 1 aromatic heterocycles. The Labute approximate surface area is 119 Å². The van der Waals surface area contributed by atoms with E-state index in [0.717, 1.165) is 10.8 Å². The molecule has 0 radical (unpaired) electrons. The van der Waals surface area contributed by atoms with Crippen molar-refractivity contribution in [2.75, 3.05) is 0 Å². The van der Waals surface area contributed by atoms with Gasteiger partial charge in [-0.15, -0.1) is 13.2 Å². The van der Waals surface area contributed by atoms with Gasteiger partial charge < -0.3 is 9.47 Å². The first-order valence-electron chi connectivity index (χ1n) is 6.16. The summed E-state index contributed by atoms with van der Waals surface area (Å²) in [6.07, 6.45) is -4.62. The molecular weight excluding hydrogens is 287 g/mol. The summed E-state index contributed by atoms with van der Waals surface area (Å²) in [7, 11) is 0. The third-order valence-corrected chi connectivity index (χ3v) is 2.49. The highest BCUT2D eigenvalue weighted by Gasteiger charge is 2.33. The van der Waals surface area contributed by atoms with E-state index in [4.69, 9.17) is 4.74 Å². The molecule has 7 heteroatoms. The van der Waals surface area contributed by atoms with Crippen LogP contribution in [0.5, 0.6) is 5.75 Å². The number of hydrogen-bond donors (Lipinski definition) is 0. The van der Waals surface area contributed by atoms with E-state index >= 15 is 0 Å². The van der Waals surface area contributed by atoms with Gasteiger partial charge >= 0.3 is 12.5 Å². The fourth-order valence-corrected chi connectivity index (χ4v) is 1.82. The molecule has 0 saturated carbocycles. The van der Waals surface area contributed by atoms with Crippen molar-refractivity contribution < 1.29 is 27.4 Å². The number of aromatic nitrogens is 1. The molecule has 2 rings (SSSR count). The van der Waals surface area contributed by atoms with Crippen LogP contribution in [0.3, 0.4) is 0 Å². The molecule has 21 heavy (non-hydrogen) atoms. The van der Waals surface area contributed by atoms with E-state index in [2.05, 4.69) is 4.74 Å². The van der Waals surface area contributed by atoms with Crippen LogP contribution in [-0.4, -0.2) is 22.6 Å². The number of carbonyl (C=O) groups is 1. The lowest BCUT2D eigenvalue weighted by Gasteiger charge is -2.19. The Morgan fingerprint density at radius 2 is 1.76 bits per heavy atom. The van der Waals surface area contributed by atoms with Gasteiger partial charge in [0.2, 0.25) is 0 Å². The summed E-state index contributed by atoms with van der Waals surface area (Å²) in [4.78, 5) is 12.1. The average molecular weight is 301 g/mol. The molecule has 4 nitrogen and oxygen atoms in total. The van der Waals surface area contributed by atoms with Crippen LogP contribution in [0, 0.1) is 0 Å². The fraction of sp³-hybridized carbons (Fsp3) is 0.357. The molecule has 0 bridgehead atoms. The number of fused-ring (bicyclic) bond motifs is 1. The minimum atomic E-state index is -4.83. The van der Waals surface area contributed by atoms with Crippen molar-refractivity contribution in [3.05, 3.63) is 30.5 Å². The van der Waals surface area contributed by atoms with Crippen LogP contribution in [0.1, 0.15) is 20.8 Å². The summed E-state index contributed by atoms with van der Waals surface area (Å²) in [6.45, 7) is 5.01. The van der Waals surface area contributed by atoms with Crippen molar-refractivity contribution >= 4 is 17.0 Å². The summed E-state index contributed by atoms with van der Waals surface area (Å²) < 4.78 is 47.3. The largest absolute Gasteiger partial charge is 0.573 e. The highest BCUT2D eigenvalue weighted by atomic mass is 19.4. The number of para-hydroxylation sites is 1. The zero-order valence-electron chi connectivity index (χ0n) is 11.7. The monoisotopic (exact) mass is 301 g/mol. The Kier molecular flexibility index (Phi) is 3.61. The molecule has 0 aliphatic carbocycles. The Morgan fingerprint density at radius 1 is 1.14 bits per heavy atom. The summed E-state index contributed by atoms with van der Waals surface area (Å²) in [5.74, 6) is -0.441. The number of carbonyl (C=O) groups excluding carboxylic acids is 1. The quantitative estimate of drug-likeness (QED) is 0.787. The summed E-state index contributed by atoms with van der Waals surface area (Å²) in [5.41, 5.74) is -0.473. The highest BCUT2D eigenvalue weighted by molar-refractivity contribution is 5.94. The van der Waals surface area contributed by atoms with Crippen LogP contribution in [0.4, 0.5) is 18.0 Å². The molecule has 0 atom stereocenters. The smallest absolute Gasteiger partial charge is 0.443 e. The van der Waals surface area contributed by atoms with E-state index < -0.39 is 23.8 Å². The highest BCUT2D eigenvalue weighted by Crippen LogP contribution is 2.32. The molecule has 0 aliphatic rings. The van der Waals surface area contributed by atoms with Crippen molar-refractivity contribution in [3.63, 3.8) is 0 Å². The van der Waals surface area contributed by atoms with E-state index in [1.54, 1.807) is 32.9 Å². The van der Waals surface area contributed by atoms with Crippen LogP contribution < -0.4 is 4.74 Å². The lowest BCUT2D eigenvalue weighted by Crippen LogP contribution is -2.26. The number of nitrogens with zero attached hydrogens (tertiary/aromatic N) is 1. The van der Waals surface area contributed by atoms with Gasteiger partial charge in [-0.1, -0.05) is 12.1 Å². The van der Waals surface area contributed by atoms with Gasteiger partial charge in [-0.05, 0) is 32.9 Å². The van der Waals surface area contributed by atoms with Crippen molar-refractivity contribution in [1.29, 1.82) is 0 Å². The molecular formula is C14H14F3NO3. The summed E-state index contributed by atoms with van der Waals surface area (Å²) in [5, 5.41) is 0.181. The minimum Gasteiger partial charge on any atom is -0.443 e. The second-order valence-electron chi connectivity index (χ2n) is 5.41. The van der Waals surface area contributed by atoms with Gasteiger partial charge in [0, 0.05) is 5.39 Å². The zero-order chi connectivity index (χ0) is 15.8. The maximum Gasteiger partial charge on any atom is 0.573 e. The molecule has 2 aromatic rings. The minimum absolute atomic E-state index is 0.181. The number of alkyl halides is 3. The van der Waals surface area contributed by atoms with E-state index in [0.29, 0.717) is 0 Å². The molecule has 0 N–H and O–H groups in total. The standard InChI is InChI=1S/C14H14F3NO3/c1-13(2,3)21-12(19)18-8-11(20-14(15,16)17)9-6-4-5-7-10(9)18/h4-8H,1-3H3. The van der Waals surface area contributed by atoms with Crippen molar-refractivity contribution in [3.8, 4) is 5.75 Å². The van der Waals surface area contributed by atoms with E-state index in [-0.39, 0.29) is 10.9 Å². The van der Waals surface area contributed by atoms with E-state index in [9.17, 15) is 18.0 Å². The normalized spacial score (nSPS) is 12.5. The number of halogens is 3. The Morgan fingerprint density at radius 3 is 2.33 bits per heavy atom. The summed E-state index contributed by atoms with van der Waals surface area (Å²) >= 11 is 0. The van der Waals surface area contributed by atoms with Crippen molar-refractivity contribution in [1.82, 2.24) is 4.57 Å². The third kappa shape index (κ3) is 3.68. The second-order valence-corrected chi connectivity index (χ2v) is 5.41. The number of ether oxygens (including phenoxy) is 2. The third-order valence-electron chi connectivity index (χ3n) is 2.49. The van der Waals surface area contributed by atoms with Crippen LogP contribution in [-0.2, 0) is 4.74 Å². The first-order valence-corrected chi connectivity index (χ1v) is 6.16. The fourth-order valence-electron chi connectivity index (χ4n) is 1.82. The first kappa shape index (κ1) is 15.2. The molecule has 0 saturated heterocycles. The first-order chi connectivity index (χ1) is 9.57. The Bertz CT molecular complexity index is 668. The van der Waals surface area contributed by atoms with Gasteiger partial charge in [-0.3, -0.25) is 0 Å². The van der Waals surface area contributed by atoms with Gasteiger partial charge in [0.25, 0.3) is 0 Å². The average Bonchev–Trinajstić information content (AvgIpc) is 2.64. The Balaban J connectivity index is 2.48. The number of benzene rings is 1. The predicted molar refractivity (Wildman–Crippen MR) is 70.3 cm³/mol. The number of rotatable bonds is 1. The zero-order valence-corrected chi connectivity index (χ0v) is 11.7. The van der Waals surface area contributed by atoms with Gasteiger partial charge in [-0.2, -0.15) is 0 Å². The van der Waals surface area contributed by atoms with Crippen LogP contribution >= 0.6 is 0 Å². The van der Waals surface area contributed by atoms with Gasteiger partial charge in [0.15, 0.2) is 5.75 Å². The van der Waals surface area contributed by atoms with Crippen molar-refractivity contribution in [2.24, 2.45) is 0 Å². The lowest BCUT2D eigenvalue weighted by molar-refractivity contribution is -0.274. The SMILES string of the molecule is CC(C)(C)OC(=O)n1cc(OC(F)(F)F)c2ccccc21. The van der Waals surface area contributed by atoms with Gasteiger partial charge in [-0.25, -0.2) is 9.36 Å². The second kappa shape index (κ2) is 4.98. The molecule has 1 heterocycles. The molecule has 0 fully saturated rings. The molecule has 0 unspecified atom stereocenters. The van der Waals surface area contributed by atoms with Crippen LogP contribution in [0.15, 0.2) is 30.5 Å². The van der Waals surface area contributed by atoms with Crippen LogP contribution in [0.25, 0.3) is 10.9 Å².